The summed E-state index contributed by atoms with van der Waals surface area (Å²) in [7, 11) is 0. The molecule has 1 aromatic carbocycles. The number of hydrogen-bond acceptors (Lipinski definition) is 8. The highest BCUT2D eigenvalue weighted by atomic mass is 32.2. The minimum absolute atomic E-state index is 0.0579. The summed E-state index contributed by atoms with van der Waals surface area (Å²) in [5.41, 5.74) is 0.917. The molecule has 2 unspecified atom stereocenters. The Balaban J connectivity index is 1.38. The number of ether oxygens (including phenoxy) is 1. The van der Waals surface area contributed by atoms with Crippen LogP contribution < -0.4 is 10.6 Å². The second kappa shape index (κ2) is 8.12. The largest absolute Gasteiger partial charge is 0.379 e. The van der Waals surface area contributed by atoms with Crippen molar-refractivity contribution in [3.8, 4) is 5.69 Å². The van der Waals surface area contributed by atoms with Crippen molar-refractivity contribution in [2.75, 3.05) is 32.1 Å². The molecule has 10 heteroatoms. The Morgan fingerprint density at radius 3 is 2.85 bits per heavy atom. The predicted molar refractivity (Wildman–Crippen MR) is 95.7 cm³/mol. The third-order valence-corrected chi connectivity index (χ3v) is 5.47. The molecule has 2 fully saturated rings. The molecule has 2 atom stereocenters. The van der Waals surface area contributed by atoms with Gasteiger partial charge in [0, 0.05) is 31.3 Å². The van der Waals surface area contributed by atoms with Crippen LogP contribution >= 0.6 is 11.8 Å². The summed E-state index contributed by atoms with van der Waals surface area (Å²) in [6.07, 6.45) is 0.302. The molecule has 0 radical (unpaired) electrons. The number of amides is 1. The van der Waals surface area contributed by atoms with Gasteiger partial charge in [0.2, 0.25) is 11.1 Å². The number of aromatic nitrogens is 4. The van der Waals surface area contributed by atoms with Gasteiger partial charge in [-0.25, -0.2) is 0 Å². The molecule has 138 valence electrons. The van der Waals surface area contributed by atoms with E-state index in [1.54, 1.807) is 16.4 Å². The smallest absolute Gasteiger partial charge is 0.223 e. The van der Waals surface area contributed by atoms with Crippen LogP contribution in [0.3, 0.4) is 0 Å². The number of hydrogen-bond donors (Lipinski definition) is 2. The first-order valence-electron chi connectivity index (χ1n) is 8.63. The van der Waals surface area contributed by atoms with E-state index in [2.05, 4.69) is 31.1 Å². The quantitative estimate of drug-likeness (QED) is 0.697. The fraction of sp³-hybridized carbons (Fsp3) is 0.500. The van der Waals surface area contributed by atoms with Crippen LogP contribution in [-0.2, 0) is 9.53 Å². The van der Waals surface area contributed by atoms with Gasteiger partial charge in [-0.05, 0) is 22.6 Å². The van der Waals surface area contributed by atoms with Gasteiger partial charge in [0.25, 0.3) is 0 Å². The van der Waals surface area contributed by atoms with Crippen LogP contribution in [0.2, 0.25) is 0 Å². The van der Waals surface area contributed by atoms with Crippen LogP contribution in [0.15, 0.2) is 35.5 Å². The molecule has 3 heterocycles. The van der Waals surface area contributed by atoms with Crippen molar-refractivity contribution in [2.45, 2.75) is 23.9 Å². The average Bonchev–Trinajstić information content (AvgIpc) is 3.16. The van der Waals surface area contributed by atoms with Gasteiger partial charge in [-0.2, -0.15) is 4.68 Å². The van der Waals surface area contributed by atoms with E-state index in [1.807, 2.05) is 30.3 Å². The van der Waals surface area contributed by atoms with E-state index in [1.165, 1.54) is 0 Å². The van der Waals surface area contributed by atoms with Crippen molar-refractivity contribution >= 4 is 17.7 Å². The summed E-state index contributed by atoms with van der Waals surface area (Å²) in [6.45, 7) is 3.01. The average molecular weight is 375 g/mol. The summed E-state index contributed by atoms with van der Waals surface area (Å²) in [5, 5.41) is 19.2. The van der Waals surface area contributed by atoms with Gasteiger partial charge in [-0.3, -0.25) is 15.0 Å². The topological polar surface area (TPSA) is 97.2 Å². The van der Waals surface area contributed by atoms with Gasteiger partial charge < -0.3 is 10.1 Å². The molecule has 0 saturated carbocycles. The second-order valence-corrected chi connectivity index (χ2v) is 7.19. The lowest BCUT2D eigenvalue weighted by atomic mass is 10.2. The molecule has 0 aliphatic carbocycles. The van der Waals surface area contributed by atoms with E-state index in [4.69, 9.17) is 4.74 Å². The van der Waals surface area contributed by atoms with Crippen molar-refractivity contribution in [3.63, 3.8) is 0 Å². The lowest BCUT2D eigenvalue weighted by molar-refractivity contribution is -0.127. The molecule has 2 saturated heterocycles. The fourth-order valence-electron chi connectivity index (χ4n) is 3.07. The SMILES string of the molecule is O=C1CC(CSc2nnnn2-c2ccccc2)NC(N2CCOCC2)N1. The van der Waals surface area contributed by atoms with Gasteiger partial charge in [-0.1, -0.05) is 30.0 Å². The number of morpholine rings is 1. The number of thioether (sulfide) groups is 1. The summed E-state index contributed by atoms with van der Waals surface area (Å²) in [4.78, 5) is 14.3. The Hall–Kier alpha value is -2.01. The lowest BCUT2D eigenvalue weighted by Crippen LogP contribution is -2.65. The first kappa shape index (κ1) is 17.4. The van der Waals surface area contributed by atoms with Crippen molar-refractivity contribution in [1.29, 1.82) is 0 Å². The van der Waals surface area contributed by atoms with E-state index >= 15 is 0 Å². The molecule has 0 bridgehead atoms. The van der Waals surface area contributed by atoms with E-state index in [9.17, 15) is 4.79 Å². The number of tetrazole rings is 1. The van der Waals surface area contributed by atoms with E-state index in [0.717, 1.165) is 18.8 Å². The van der Waals surface area contributed by atoms with Crippen LogP contribution in [0.5, 0.6) is 0 Å². The molecule has 2 aliphatic rings. The minimum atomic E-state index is -0.143. The van der Waals surface area contributed by atoms with E-state index < -0.39 is 0 Å². The van der Waals surface area contributed by atoms with Crippen molar-refractivity contribution in [3.05, 3.63) is 30.3 Å². The maximum atomic E-state index is 12.1. The van der Waals surface area contributed by atoms with Crippen LogP contribution in [0.1, 0.15) is 6.42 Å². The molecule has 1 amide bonds. The summed E-state index contributed by atoms with van der Waals surface area (Å²) in [6, 6.07) is 9.83. The van der Waals surface area contributed by atoms with Crippen molar-refractivity contribution < 1.29 is 9.53 Å². The number of nitrogens with one attached hydrogen (secondary N) is 2. The summed E-state index contributed by atoms with van der Waals surface area (Å²) in [5.74, 6) is 0.773. The first-order chi connectivity index (χ1) is 12.8. The number of para-hydroxylation sites is 1. The molecular formula is C16H21N7O2S. The normalized spacial score (nSPS) is 24.4. The van der Waals surface area contributed by atoms with Gasteiger partial charge in [0.1, 0.15) is 6.29 Å². The standard InChI is InChI=1S/C16H21N7O2S/c24-14-10-12(17-15(18-14)22-6-8-25-9-7-22)11-26-16-19-20-21-23(16)13-4-2-1-3-5-13/h1-5,12,15,17H,6-11H2,(H,18,24). The first-order valence-corrected chi connectivity index (χ1v) is 9.62. The molecule has 9 nitrogen and oxygen atoms in total. The molecule has 26 heavy (non-hydrogen) atoms. The molecular weight excluding hydrogens is 354 g/mol. The molecule has 4 rings (SSSR count). The zero-order valence-electron chi connectivity index (χ0n) is 14.2. The number of rotatable bonds is 5. The molecule has 0 spiro atoms. The Labute approximate surface area is 155 Å². The number of benzene rings is 1. The lowest BCUT2D eigenvalue weighted by Gasteiger charge is -2.40. The fourth-order valence-corrected chi connectivity index (χ4v) is 4.00. The predicted octanol–water partition coefficient (Wildman–Crippen LogP) is -0.152. The summed E-state index contributed by atoms with van der Waals surface area (Å²) >= 11 is 1.55. The molecule has 2 aliphatic heterocycles. The van der Waals surface area contributed by atoms with Crippen molar-refractivity contribution in [2.24, 2.45) is 0 Å². The second-order valence-electron chi connectivity index (χ2n) is 6.21. The molecule has 2 aromatic rings. The van der Waals surface area contributed by atoms with E-state index in [0.29, 0.717) is 30.5 Å². The van der Waals surface area contributed by atoms with Gasteiger partial charge in [0.15, 0.2) is 0 Å². The highest BCUT2D eigenvalue weighted by Crippen LogP contribution is 2.20. The third-order valence-electron chi connectivity index (χ3n) is 4.39. The number of carbonyl (C=O) groups is 1. The van der Waals surface area contributed by atoms with Crippen LogP contribution in [-0.4, -0.2) is 75.4 Å². The zero-order valence-corrected chi connectivity index (χ0v) is 15.1. The Bertz CT molecular complexity index is 735. The van der Waals surface area contributed by atoms with Crippen LogP contribution in [0.4, 0.5) is 0 Å². The number of nitrogens with zero attached hydrogens (tertiary/aromatic N) is 5. The zero-order chi connectivity index (χ0) is 17.8. The third kappa shape index (κ3) is 4.04. The van der Waals surface area contributed by atoms with Crippen LogP contribution in [0, 0.1) is 0 Å². The van der Waals surface area contributed by atoms with Gasteiger partial charge >= 0.3 is 0 Å². The number of carbonyl (C=O) groups excluding carboxylic acids is 1. The molecule has 1 aromatic heterocycles. The van der Waals surface area contributed by atoms with E-state index in [-0.39, 0.29) is 18.2 Å². The Morgan fingerprint density at radius 1 is 1.23 bits per heavy atom. The maximum absolute atomic E-state index is 12.1. The van der Waals surface area contributed by atoms with Gasteiger partial charge in [-0.15, -0.1) is 5.10 Å². The van der Waals surface area contributed by atoms with Gasteiger partial charge in [0.05, 0.1) is 18.9 Å². The summed E-state index contributed by atoms with van der Waals surface area (Å²) < 4.78 is 7.10. The molecule has 2 N–H and O–H groups in total. The Kier molecular flexibility index (Phi) is 5.44. The Morgan fingerprint density at radius 2 is 2.04 bits per heavy atom. The highest BCUT2D eigenvalue weighted by molar-refractivity contribution is 7.99. The monoisotopic (exact) mass is 375 g/mol. The maximum Gasteiger partial charge on any atom is 0.223 e. The highest BCUT2D eigenvalue weighted by Gasteiger charge is 2.30. The minimum Gasteiger partial charge on any atom is -0.379 e. The van der Waals surface area contributed by atoms with Crippen molar-refractivity contribution in [1.82, 2.24) is 35.7 Å². The van der Waals surface area contributed by atoms with Crippen LogP contribution in [0.25, 0.3) is 5.69 Å².